The summed E-state index contributed by atoms with van der Waals surface area (Å²) in [6, 6.07) is -2.93. The summed E-state index contributed by atoms with van der Waals surface area (Å²) in [6.45, 7) is 0.554. The van der Waals surface area contributed by atoms with Crippen LogP contribution in [0.1, 0.15) is 19.3 Å². The van der Waals surface area contributed by atoms with E-state index in [1.807, 2.05) is 0 Å². The van der Waals surface area contributed by atoms with Gasteiger partial charge in [0.2, 0.25) is 11.8 Å². The highest BCUT2D eigenvalue weighted by atomic mass is 16.4. The molecule has 0 radical (unpaired) electrons. The molecule has 1 unspecified atom stereocenters. The topological polar surface area (TPSA) is 151 Å². The fourth-order valence-corrected chi connectivity index (χ4v) is 1.67. The van der Waals surface area contributed by atoms with Crippen molar-refractivity contribution in [3.05, 3.63) is 0 Å². The van der Waals surface area contributed by atoms with Crippen LogP contribution in [0, 0.1) is 0 Å². The van der Waals surface area contributed by atoms with Crippen LogP contribution in [0.25, 0.3) is 0 Å². The zero-order valence-corrected chi connectivity index (χ0v) is 10.1. The van der Waals surface area contributed by atoms with Crippen molar-refractivity contribution in [2.45, 2.75) is 31.3 Å². The molecule has 0 bridgehead atoms. The van der Waals surface area contributed by atoms with Crippen LogP contribution in [0.2, 0.25) is 0 Å². The molecule has 106 valence electrons. The van der Waals surface area contributed by atoms with E-state index in [1.54, 1.807) is 0 Å². The van der Waals surface area contributed by atoms with Crippen molar-refractivity contribution in [2.24, 2.45) is 5.73 Å². The largest absolute Gasteiger partial charge is 0.480 e. The summed E-state index contributed by atoms with van der Waals surface area (Å²) in [5, 5.41) is 15.8. The highest BCUT2D eigenvalue weighted by Gasteiger charge is 2.26. The van der Waals surface area contributed by atoms with E-state index >= 15 is 0 Å². The summed E-state index contributed by atoms with van der Waals surface area (Å²) in [5.41, 5.74) is 4.88. The summed E-state index contributed by atoms with van der Waals surface area (Å²) in [4.78, 5) is 44.4. The molecule has 1 aliphatic heterocycles. The number of nitrogens with two attached hydrogens (primary N) is 1. The van der Waals surface area contributed by atoms with Crippen LogP contribution >= 0.6 is 0 Å². The maximum absolute atomic E-state index is 11.5. The fourth-order valence-electron chi connectivity index (χ4n) is 1.67. The minimum absolute atomic E-state index is 0.317. The Bertz CT molecular complexity index is 397. The lowest BCUT2D eigenvalue weighted by Crippen LogP contribution is -2.55. The molecule has 2 atom stereocenters. The van der Waals surface area contributed by atoms with Gasteiger partial charge in [-0.15, -0.1) is 0 Å². The zero-order chi connectivity index (χ0) is 14.4. The highest BCUT2D eigenvalue weighted by molar-refractivity contribution is 5.90. The third-order valence-electron chi connectivity index (χ3n) is 2.60. The Balaban J connectivity index is 2.50. The van der Waals surface area contributed by atoms with E-state index in [1.165, 1.54) is 0 Å². The maximum atomic E-state index is 11.5. The number of carbonyl (C=O) groups is 4. The first kappa shape index (κ1) is 14.7. The normalized spacial score (nSPS) is 20.0. The molecular weight excluding hydrogens is 256 g/mol. The van der Waals surface area contributed by atoms with E-state index in [9.17, 15) is 19.2 Å². The summed E-state index contributed by atoms with van der Waals surface area (Å²) >= 11 is 0. The van der Waals surface area contributed by atoms with E-state index < -0.39 is 36.4 Å². The van der Waals surface area contributed by atoms with Gasteiger partial charge in [0.15, 0.2) is 0 Å². The molecule has 1 aliphatic rings. The number of piperidine rings is 1. The van der Waals surface area contributed by atoms with E-state index in [0.717, 1.165) is 6.42 Å². The molecule has 9 nitrogen and oxygen atoms in total. The number of rotatable bonds is 5. The SMILES string of the molecule is NC(=O)C[C@H](NC(=O)NC1CCCNC1=O)C(=O)O. The van der Waals surface area contributed by atoms with Gasteiger partial charge in [0.25, 0.3) is 0 Å². The molecule has 4 amide bonds. The molecule has 0 aromatic carbocycles. The third kappa shape index (κ3) is 4.82. The van der Waals surface area contributed by atoms with Gasteiger partial charge in [-0.3, -0.25) is 9.59 Å². The second-order valence-electron chi connectivity index (χ2n) is 4.16. The Kier molecular flexibility index (Phi) is 5.10. The summed E-state index contributed by atoms with van der Waals surface area (Å²) < 4.78 is 0. The van der Waals surface area contributed by atoms with Crippen LogP contribution in [-0.2, 0) is 14.4 Å². The van der Waals surface area contributed by atoms with Gasteiger partial charge in [-0.1, -0.05) is 0 Å². The number of primary amides is 1. The number of urea groups is 1. The first-order chi connectivity index (χ1) is 8.90. The Morgan fingerprint density at radius 3 is 2.68 bits per heavy atom. The van der Waals surface area contributed by atoms with Crippen LogP contribution in [0.3, 0.4) is 0 Å². The fraction of sp³-hybridized carbons (Fsp3) is 0.600. The maximum Gasteiger partial charge on any atom is 0.326 e. The predicted molar refractivity (Wildman–Crippen MR) is 62.9 cm³/mol. The van der Waals surface area contributed by atoms with Gasteiger partial charge in [0, 0.05) is 6.54 Å². The molecular formula is C10H16N4O5. The zero-order valence-electron chi connectivity index (χ0n) is 10.1. The lowest BCUT2D eigenvalue weighted by molar-refractivity contribution is -0.140. The molecule has 9 heteroatoms. The highest BCUT2D eigenvalue weighted by Crippen LogP contribution is 2.02. The number of hydrogen-bond acceptors (Lipinski definition) is 4. The lowest BCUT2D eigenvalue weighted by atomic mass is 10.1. The van der Waals surface area contributed by atoms with Gasteiger partial charge in [-0.05, 0) is 12.8 Å². The number of carbonyl (C=O) groups excluding carboxylic acids is 3. The average molecular weight is 272 g/mol. The Morgan fingerprint density at radius 2 is 2.16 bits per heavy atom. The monoisotopic (exact) mass is 272 g/mol. The van der Waals surface area contributed by atoms with Crippen LogP contribution in [0.15, 0.2) is 0 Å². The first-order valence-corrected chi connectivity index (χ1v) is 5.76. The van der Waals surface area contributed by atoms with Gasteiger partial charge in [-0.25, -0.2) is 9.59 Å². The smallest absolute Gasteiger partial charge is 0.326 e. The van der Waals surface area contributed by atoms with Gasteiger partial charge >= 0.3 is 12.0 Å². The quantitative estimate of drug-likeness (QED) is 0.388. The molecule has 1 saturated heterocycles. The van der Waals surface area contributed by atoms with Gasteiger partial charge in [0.1, 0.15) is 12.1 Å². The van der Waals surface area contributed by atoms with Crippen LogP contribution in [-0.4, -0.2) is 47.5 Å². The summed E-state index contributed by atoms with van der Waals surface area (Å²) in [5.74, 6) is -2.53. The first-order valence-electron chi connectivity index (χ1n) is 5.76. The minimum Gasteiger partial charge on any atom is -0.480 e. The Morgan fingerprint density at radius 1 is 1.47 bits per heavy atom. The van der Waals surface area contributed by atoms with E-state index in [-0.39, 0.29) is 5.91 Å². The molecule has 1 fully saturated rings. The summed E-state index contributed by atoms with van der Waals surface area (Å²) in [6.07, 6.45) is 0.687. The Hall–Kier alpha value is -2.32. The standard InChI is InChI=1S/C10H16N4O5/c11-7(15)4-6(9(17)18)14-10(19)13-5-2-1-3-12-8(5)16/h5-6H,1-4H2,(H2,11,15)(H,12,16)(H,17,18)(H2,13,14,19)/t5?,6-/m0/s1. The third-order valence-corrected chi connectivity index (χ3v) is 2.60. The van der Waals surface area contributed by atoms with Crippen molar-refractivity contribution < 1.29 is 24.3 Å². The molecule has 0 aliphatic carbocycles. The molecule has 6 N–H and O–H groups in total. The number of aliphatic carboxylic acids is 1. The van der Waals surface area contributed by atoms with Gasteiger partial charge in [0.05, 0.1) is 6.42 Å². The molecule has 1 heterocycles. The number of amides is 4. The van der Waals surface area contributed by atoms with Crippen molar-refractivity contribution in [2.75, 3.05) is 6.54 Å². The van der Waals surface area contributed by atoms with Crippen molar-refractivity contribution in [1.29, 1.82) is 0 Å². The minimum atomic E-state index is -1.41. The van der Waals surface area contributed by atoms with E-state index in [0.29, 0.717) is 13.0 Å². The second kappa shape index (κ2) is 6.57. The molecule has 0 aromatic rings. The van der Waals surface area contributed by atoms with Gasteiger partial charge < -0.3 is 26.8 Å². The predicted octanol–water partition coefficient (Wildman–Crippen LogP) is -2.11. The number of carboxylic acids is 1. The lowest BCUT2D eigenvalue weighted by Gasteiger charge is -2.23. The van der Waals surface area contributed by atoms with Crippen molar-refractivity contribution in [3.63, 3.8) is 0 Å². The van der Waals surface area contributed by atoms with Crippen molar-refractivity contribution >= 4 is 23.8 Å². The summed E-state index contributed by atoms with van der Waals surface area (Å²) in [7, 11) is 0. The van der Waals surface area contributed by atoms with Crippen LogP contribution < -0.4 is 21.7 Å². The number of hydrogen-bond donors (Lipinski definition) is 5. The molecule has 1 rings (SSSR count). The van der Waals surface area contributed by atoms with Crippen molar-refractivity contribution in [1.82, 2.24) is 16.0 Å². The Labute approximate surface area is 108 Å². The number of nitrogens with one attached hydrogen (secondary N) is 3. The van der Waals surface area contributed by atoms with Crippen LogP contribution in [0.4, 0.5) is 4.79 Å². The van der Waals surface area contributed by atoms with Crippen molar-refractivity contribution in [3.8, 4) is 0 Å². The molecule has 0 aromatic heterocycles. The van der Waals surface area contributed by atoms with Crippen LogP contribution in [0.5, 0.6) is 0 Å². The average Bonchev–Trinajstić information content (AvgIpc) is 2.30. The molecule has 0 saturated carbocycles. The number of carboxylic acid groups (broad SMARTS) is 1. The van der Waals surface area contributed by atoms with E-state index in [4.69, 9.17) is 10.8 Å². The molecule has 0 spiro atoms. The van der Waals surface area contributed by atoms with E-state index in [2.05, 4.69) is 16.0 Å². The second-order valence-corrected chi connectivity index (χ2v) is 4.16. The molecule has 19 heavy (non-hydrogen) atoms. The van der Waals surface area contributed by atoms with Gasteiger partial charge in [-0.2, -0.15) is 0 Å².